The molecule has 0 amide bonds. The van der Waals surface area contributed by atoms with Crippen LogP contribution in [0.1, 0.15) is 11.7 Å². The quantitative estimate of drug-likeness (QED) is 0.760. The van der Waals surface area contributed by atoms with Gasteiger partial charge in [0.1, 0.15) is 0 Å². The maximum atomic E-state index is 12.9. The Morgan fingerprint density at radius 1 is 1.22 bits per heavy atom. The fourth-order valence-corrected chi connectivity index (χ4v) is 3.74. The Hall–Kier alpha value is -2.64. The van der Waals surface area contributed by atoms with Gasteiger partial charge in [0.2, 0.25) is 0 Å². The molecule has 2 heterocycles. The first kappa shape index (κ1) is 15.3. The average Bonchev–Trinajstić information content (AvgIpc) is 3.00. The highest BCUT2D eigenvalue weighted by atomic mass is 32.2. The topological polar surface area (TPSA) is 98.2 Å². The minimum absolute atomic E-state index is 0.0841. The number of aliphatic hydroxyl groups is 1. The van der Waals surface area contributed by atoms with E-state index in [1.807, 2.05) is 0 Å². The van der Waals surface area contributed by atoms with Gasteiger partial charge < -0.3 is 10.8 Å². The van der Waals surface area contributed by atoms with E-state index in [0.29, 0.717) is 16.6 Å². The number of pyridine rings is 1. The highest BCUT2D eigenvalue weighted by Crippen LogP contribution is 2.23. The third-order valence-corrected chi connectivity index (χ3v) is 5.16. The second-order valence-corrected chi connectivity index (χ2v) is 6.74. The summed E-state index contributed by atoms with van der Waals surface area (Å²) in [4.78, 5) is 4.21. The van der Waals surface area contributed by atoms with Crippen molar-refractivity contribution in [2.45, 2.75) is 11.0 Å². The van der Waals surface area contributed by atoms with Crippen molar-refractivity contribution in [1.29, 1.82) is 0 Å². The number of nitrogens with zero attached hydrogens (tertiary/aromatic N) is 2. The molecule has 0 aliphatic rings. The summed E-state index contributed by atoms with van der Waals surface area (Å²) >= 11 is 0. The van der Waals surface area contributed by atoms with E-state index >= 15 is 0 Å². The second-order valence-electron chi connectivity index (χ2n) is 4.93. The van der Waals surface area contributed by atoms with Gasteiger partial charge >= 0.3 is 0 Å². The van der Waals surface area contributed by atoms with Crippen LogP contribution >= 0.6 is 0 Å². The van der Waals surface area contributed by atoms with Gasteiger partial charge in [0.15, 0.2) is 0 Å². The molecule has 1 aromatic carbocycles. The summed E-state index contributed by atoms with van der Waals surface area (Å²) in [6.45, 7) is 0. The lowest BCUT2D eigenvalue weighted by molar-refractivity contribution is 0.228. The number of rotatable bonds is 4. The molecule has 23 heavy (non-hydrogen) atoms. The fraction of sp³-hybridized carbons (Fsp3) is 0.0625. The molecule has 0 aliphatic heterocycles. The zero-order valence-electron chi connectivity index (χ0n) is 12.1. The van der Waals surface area contributed by atoms with Gasteiger partial charge in [0.25, 0.3) is 10.0 Å². The Morgan fingerprint density at radius 3 is 2.83 bits per heavy atom. The maximum absolute atomic E-state index is 12.9. The van der Waals surface area contributed by atoms with Crippen molar-refractivity contribution in [1.82, 2.24) is 8.96 Å². The molecule has 2 aromatic heterocycles. The number of hydrogen-bond donors (Lipinski definition) is 2. The first-order valence-corrected chi connectivity index (χ1v) is 8.32. The van der Waals surface area contributed by atoms with Gasteiger partial charge in [-0.15, -0.1) is 0 Å². The standard InChI is InChI=1S/C16H15N3O3S/c17-8-6-16(20)12-3-1-4-13(11-12)23(21,22)19-10-7-14-15(19)5-2-9-18-14/h1-11,16,20H,17H2/b8-6+. The molecule has 0 radical (unpaired) electrons. The molecule has 0 bridgehead atoms. The van der Waals surface area contributed by atoms with Gasteiger partial charge in [-0.1, -0.05) is 12.1 Å². The van der Waals surface area contributed by atoms with Crippen molar-refractivity contribution in [3.05, 3.63) is 72.7 Å². The van der Waals surface area contributed by atoms with Gasteiger partial charge in [-0.25, -0.2) is 12.4 Å². The van der Waals surface area contributed by atoms with Gasteiger partial charge in [0, 0.05) is 12.4 Å². The largest absolute Gasteiger partial charge is 0.405 e. The lowest BCUT2D eigenvalue weighted by atomic mass is 10.1. The summed E-state index contributed by atoms with van der Waals surface area (Å²) in [5, 5.41) is 9.93. The number of aromatic nitrogens is 2. The average molecular weight is 329 g/mol. The molecule has 3 rings (SSSR count). The highest BCUT2D eigenvalue weighted by molar-refractivity contribution is 7.90. The van der Waals surface area contributed by atoms with Crippen LogP contribution < -0.4 is 5.73 Å². The van der Waals surface area contributed by atoms with E-state index in [1.54, 1.807) is 36.5 Å². The van der Waals surface area contributed by atoms with E-state index < -0.39 is 16.1 Å². The molecule has 6 nitrogen and oxygen atoms in total. The predicted octanol–water partition coefficient (Wildman–Crippen LogP) is 1.78. The van der Waals surface area contributed by atoms with Crippen LogP contribution in [0, 0.1) is 0 Å². The SMILES string of the molecule is N/C=C/C(O)c1cccc(S(=O)(=O)n2ccc3ncccc32)c1. The number of fused-ring (bicyclic) bond motifs is 1. The molecule has 0 saturated carbocycles. The Bertz CT molecular complexity index is 977. The molecule has 118 valence electrons. The Morgan fingerprint density at radius 2 is 2.04 bits per heavy atom. The normalized spacial score (nSPS) is 13.6. The molecule has 1 atom stereocenters. The Balaban J connectivity index is 2.12. The molecule has 0 aliphatic carbocycles. The van der Waals surface area contributed by atoms with Crippen molar-refractivity contribution >= 4 is 21.1 Å². The molecule has 1 unspecified atom stereocenters. The van der Waals surface area contributed by atoms with Crippen LogP contribution in [0.3, 0.4) is 0 Å². The molecule has 0 fully saturated rings. The summed E-state index contributed by atoms with van der Waals surface area (Å²) in [5.74, 6) is 0. The maximum Gasteiger partial charge on any atom is 0.268 e. The number of benzene rings is 1. The Kier molecular flexibility index (Phi) is 3.89. The molecule has 3 N–H and O–H groups in total. The monoisotopic (exact) mass is 329 g/mol. The van der Waals surface area contributed by atoms with Crippen LogP contribution in [0.15, 0.2) is 72.0 Å². The fourth-order valence-electron chi connectivity index (χ4n) is 2.34. The number of nitrogens with two attached hydrogens (primary N) is 1. The van der Waals surface area contributed by atoms with E-state index in [-0.39, 0.29) is 4.90 Å². The lowest BCUT2D eigenvalue weighted by Crippen LogP contribution is -2.12. The van der Waals surface area contributed by atoms with Gasteiger partial charge in [-0.2, -0.15) is 0 Å². The summed E-state index contributed by atoms with van der Waals surface area (Å²) in [5.41, 5.74) is 6.80. The predicted molar refractivity (Wildman–Crippen MR) is 87.0 cm³/mol. The Labute approximate surface area is 133 Å². The zero-order valence-corrected chi connectivity index (χ0v) is 12.9. The number of aliphatic hydroxyl groups excluding tert-OH is 1. The highest BCUT2D eigenvalue weighted by Gasteiger charge is 2.20. The minimum atomic E-state index is -3.78. The molecule has 0 saturated heterocycles. The van der Waals surface area contributed by atoms with Crippen LogP contribution in [0.2, 0.25) is 0 Å². The van der Waals surface area contributed by atoms with Crippen LogP contribution in [0.5, 0.6) is 0 Å². The van der Waals surface area contributed by atoms with E-state index in [1.165, 1.54) is 34.6 Å². The molecular weight excluding hydrogens is 314 g/mol. The van der Waals surface area contributed by atoms with E-state index in [9.17, 15) is 13.5 Å². The van der Waals surface area contributed by atoms with Crippen molar-refractivity contribution in [2.24, 2.45) is 5.73 Å². The van der Waals surface area contributed by atoms with Crippen LogP contribution in [0.4, 0.5) is 0 Å². The number of hydrogen-bond acceptors (Lipinski definition) is 5. The first-order valence-electron chi connectivity index (χ1n) is 6.88. The van der Waals surface area contributed by atoms with E-state index in [4.69, 9.17) is 5.73 Å². The lowest BCUT2D eigenvalue weighted by Gasteiger charge is -2.11. The smallest absolute Gasteiger partial charge is 0.268 e. The van der Waals surface area contributed by atoms with Gasteiger partial charge in [-0.3, -0.25) is 4.98 Å². The van der Waals surface area contributed by atoms with Crippen LogP contribution in [-0.2, 0) is 10.0 Å². The summed E-state index contributed by atoms with van der Waals surface area (Å²) < 4.78 is 26.9. The van der Waals surface area contributed by atoms with Crippen molar-refractivity contribution in [2.75, 3.05) is 0 Å². The zero-order chi connectivity index (χ0) is 16.4. The third kappa shape index (κ3) is 2.71. The summed E-state index contributed by atoms with van der Waals surface area (Å²) in [7, 11) is -3.78. The summed E-state index contributed by atoms with van der Waals surface area (Å²) in [6.07, 6.45) is 4.71. The second kappa shape index (κ2) is 5.86. The van der Waals surface area contributed by atoms with Crippen molar-refractivity contribution < 1.29 is 13.5 Å². The minimum Gasteiger partial charge on any atom is -0.405 e. The van der Waals surface area contributed by atoms with Crippen LogP contribution in [0.25, 0.3) is 11.0 Å². The molecular formula is C16H15N3O3S. The van der Waals surface area contributed by atoms with Gasteiger partial charge in [-0.05, 0) is 48.2 Å². The molecule has 3 aromatic rings. The van der Waals surface area contributed by atoms with Crippen LogP contribution in [-0.4, -0.2) is 22.5 Å². The third-order valence-electron chi connectivity index (χ3n) is 3.47. The van der Waals surface area contributed by atoms with E-state index in [2.05, 4.69) is 4.98 Å². The van der Waals surface area contributed by atoms with Crippen molar-refractivity contribution in [3.63, 3.8) is 0 Å². The first-order chi connectivity index (χ1) is 11.0. The van der Waals surface area contributed by atoms with Crippen molar-refractivity contribution in [3.8, 4) is 0 Å². The van der Waals surface area contributed by atoms with E-state index in [0.717, 1.165) is 0 Å². The molecule has 0 spiro atoms. The van der Waals surface area contributed by atoms with Gasteiger partial charge in [0.05, 0.1) is 22.0 Å². The molecule has 7 heteroatoms. The summed E-state index contributed by atoms with van der Waals surface area (Å²) in [6, 6.07) is 11.2.